The van der Waals surface area contributed by atoms with Gasteiger partial charge in [0, 0.05) is 23.4 Å². The van der Waals surface area contributed by atoms with Gasteiger partial charge in [0.1, 0.15) is 11.5 Å². The Morgan fingerprint density at radius 2 is 1.64 bits per heavy atom. The molecule has 0 spiro atoms. The van der Waals surface area contributed by atoms with Gasteiger partial charge in [-0.3, -0.25) is 5.73 Å². The van der Waals surface area contributed by atoms with Crippen molar-refractivity contribution in [2.75, 3.05) is 5.73 Å². The Bertz CT molecular complexity index is 863. The lowest BCUT2D eigenvalue weighted by molar-refractivity contribution is 0.214. The Balaban J connectivity index is 1.90. The van der Waals surface area contributed by atoms with Crippen LogP contribution < -0.4 is 21.9 Å². The Morgan fingerprint density at radius 3 is 2.36 bits per heavy atom. The first-order valence-corrected chi connectivity index (χ1v) is 7.97. The predicted octanol–water partition coefficient (Wildman–Crippen LogP) is 3.14. The van der Waals surface area contributed by atoms with Crippen molar-refractivity contribution < 1.29 is 9.84 Å². The number of phenolic OH excluding ortho intramolecular Hbond substituents is 1. The summed E-state index contributed by atoms with van der Waals surface area (Å²) < 4.78 is 5.84. The molecule has 5 nitrogen and oxygen atoms in total. The summed E-state index contributed by atoms with van der Waals surface area (Å²) in [6, 6.07) is 19.9. The molecule has 0 fully saturated rings. The molecule has 0 saturated carbocycles. The maximum atomic E-state index is 9.36. The van der Waals surface area contributed by atoms with Crippen LogP contribution in [0, 0.1) is 0 Å². The first-order valence-electron chi connectivity index (χ1n) is 7.97. The molecule has 0 aliphatic carbocycles. The summed E-state index contributed by atoms with van der Waals surface area (Å²) in [5.41, 5.74) is 22.3. The highest BCUT2D eigenvalue weighted by Crippen LogP contribution is 2.33. The van der Waals surface area contributed by atoms with Crippen LogP contribution in [0.15, 0.2) is 66.7 Å². The first-order chi connectivity index (χ1) is 12.1. The van der Waals surface area contributed by atoms with Gasteiger partial charge in [0.05, 0.1) is 0 Å². The van der Waals surface area contributed by atoms with Gasteiger partial charge in [-0.25, -0.2) is 0 Å². The lowest BCUT2D eigenvalue weighted by Gasteiger charge is -2.17. The number of nitrogens with two attached hydrogens (primary N) is 3. The van der Waals surface area contributed by atoms with Crippen LogP contribution in [0.4, 0.5) is 5.69 Å². The van der Waals surface area contributed by atoms with E-state index in [0.29, 0.717) is 18.0 Å². The average Bonchev–Trinajstić information content (AvgIpc) is 2.63. The van der Waals surface area contributed by atoms with Crippen LogP contribution in [0.25, 0.3) is 11.1 Å². The minimum atomic E-state index is -0.651. The summed E-state index contributed by atoms with van der Waals surface area (Å²) in [5, 5.41) is 9.36. The highest BCUT2D eigenvalue weighted by Gasteiger charge is 2.12. The fourth-order valence-electron chi connectivity index (χ4n) is 2.68. The lowest BCUT2D eigenvalue weighted by atomic mass is 9.98. The molecule has 0 radical (unpaired) electrons. The smallest absolute Gasteiger partial charge is 0.174 e. The normalized spacial score (nSPS) is 11.9. The number of hydrogen-bond acceptors (Lipinski definition) is 5. The summed E-state index contributed by atoms with van der Waals surface area (Å²) in [5.74, 6) is 0.792. The van der Waals surface area contributed by atoms with Gasteiger partial charge >= 0.3 is 0 Å². The molecule has 1 unspecified atom stereocenters. The third kappa shape index (κ3) is 3.74. The van der Waals surface area contributed by atoms with E-state index in [-0.39, 0.29) is 5.75 Å². The quantitative estimate of drug-likeness (QED) is 0.423. The molecule has 3 aromatic carbocycles. The van der Waals surface area contributed by atoms with Gasteiger partial charge in [0.25, 0.3) is 0 Å². The van der Waals surface area contributed by atoms with E-state index in [1.54, 1.807) is 36.4 Å². The third-order valence-electron chi connectivity index (χ3n) is 4.04. The number of hydrogen-bond donors (Lipinski definition) is 4. The van der Waals surface area contributed by atoms with E-state index in [4.69, 9.17) is 21.9 Å². The fourth-order valence-corrected chi connectivity index (χ4v) is 2.68. The van der Waals surface area contributed by atoms with Crippen molar-refractivity contribution in [2.45, 2.75) is 12.8 Å². The summed E-state index contributed by atoms with van der Waals surface area (Å²) in [6.07, 6.45) is -0.651. The summed E-state index contributed by atoms with van der Waals surface area (Å²) in [4.78, 5) is 0. The van der Waals surface area contributed by atoms with Gasteiger partial charge in [-0.15, -0.1) is 0 Å². The maximum absolute atomic E-state index is 9.36. The predicted molar refractivity (Wildman–Crippen MR) is 99.8 cm³/mol. The van der Waals surface area contributed by atoms with Gasteiger partial charge in [-0.05, 0) is 41.5 Å². The van der Waals surface area contributed by atoms with Crippen molar-refractivity contribution in [3.63, 3.8) is 0 Å². The van der Waals surface area contributed by atoms with Crippen LogP contribution in [-0.4, -0.2) is 5.11 Å². The van der Waals surface area contributed by atoms with Crippen molar-refractivity contribution >= 4 is 5.69 Å². The van der Waals surface area contributed by atoms with Crippen molar-refractivity contribution in [2.24, 2.45) is 11.5 Å². The molecule has 3 rings (SSSR count). The molecule has 0 saturated heterocycles. The van der Waals surface area contributed by atoms with Gasteiger partial charge in [-0.1, -0.05) is 36.4 Å². The van der Waals surface area contributed by atoms with Crippen molar-refractivity contribution in [1.82, 2.24) is 0 Å². The van der Waals surface area contributed by atoms with Crippen LogP contribution in [0.3, 0.4) is 0 Å². The maximum Gasteiger partial charge on any atom is 0.174 e. The van der Waals surface area contributed by atoms with Crippen LogP contribution in [0.1, 0.15) is 17.4 Å². The van der Waals surface area contributed by atoms with Crippen molar-refractivity contribution in [3.05, 3.63) is 77.9 Å². The van der Waals surface area contributed by atoms with Crippen LogP contribution in [0.5, 0.6) is 11.5 Å². The van der Waals surface area contributed by atoms with Crippen LogP contribution >= 0.6 is 0 Å². The molecule has 0 aliphatic heterocycles. The summed E-state index contributed by atoms with van der Waals surface area (Å²) in [7, 11) is 0. The molecule has 0 bridgehead atoms. The van der Waals surface area contributed by atoms with Crippen LogP contribution in [0.2, 0.25) is 0 Å². The SMILES string of the molecule is NCc1ccccc1-c1cc(OC(N)c2ccc(O)cc2)ccc1N. The zero-order valence-corrected chi connectivity index (χ0v) is 13.7. The Kier molecular flexibility index (Phi) is 4.88. The molecular formula is C20H21N3O2. The molecule has 5 heteroatoms. The number of rotatable bonds is 5. The topological polar surface area (TPSA) is 108 Å². The van der Waals surface area contributed by atoms with Crippen LogP contribution in [-0.2, 0) is 6.54 Å². The van der Waals surface area contributed by atoms with E-state index >= 15 is 0 Å². The monoisotopic (exact) mass is 335 g/mol. The Morgan fingerprint density at radius 1 is 0.920 bits per heavy atom. The van der Waals surface area contributed by atoms with E-state index < -0.39 is 6.23 Å². The summed E-state index contributed by atoms with van der Waals surface area (Å²) in [6.45, 7) is 0.424. The number of benzene rings is 3. The average molecular weight is 335 g/mol. The van der Waals surface area contributed by atoms with Crippen molar-refractivity contribution in [3.8, 4) is 22.6 Å². The largest absolute Gasteiger partial charge is 0.508 e. The Hall–Kier alpha value is -3.02. The Labute approximate surface area is 146 Å². The minimum absolute atomic E-state index is 0.184. The van der Waals surface area contributed by atoms with Gasteiger partial charge < -0.3 is 21.3 Å². The number of nitrogen functional groups attached to an aromatic ring is 1. The molecule has 0 amide bonds. The molecule has 0 aliphatic rings. The minimum Gasteiger partial charge on any atom is -0.508 e. The molecule has 1 atom stereocenters. The highest BCUT2D eigenvalue weighted by molar-refractivity contribution is 5.79. The van der Waals surface area contributed by atoms with Gasteiger partial charge in [-0.2, -0.15) is 0 Å². The number of anilines is 1. The lowest BCUT2D eigenvalue weighted by Crippen LogP contribution is -2.17. The van der Waals surface area contributed by atoms with Gasteiger partial charge in [0.2, 0.25) is 0 Å². The standard InChI is InChI=1S/C20H21N3O2/c21-12-14-3-1-2-4-17(14)18-11-16(9-10-19(18)22)25-20(23)13-5-7-15(24)8-6-13/h1-11,20,24H,12,21-23H2. The fraction of sp³-hybridized carbons (Fsp3) is 0.100. The highest BCUT2D eigenvalue weighted by atomic mass is 16.5. The second kappa shape index (κ2) is 7.25. The zero-order chi connectivity index (χ0) is 17.8. The summed E-state index contributed by atoms with van der Waals surface area (Å²) >= 11 is 0. The molecule has 7 N–H and O–H groups in total. The molecule has 0 aromatic heterocycles. The van der Waals surface area contributed by atoms with Gasteiger partial charge in [0.15, 0.2) is 6.23 Å². The molecule has 0 heterocycles. The molecular weight excluding hydrogens is 314 g/mol. The van der Waals surface area contributed by atoms with E-state index in [1.165, 1.54) is 0 Å². The molecule has 25 heavy (non-hydrogen) atoms. The van der Waals surface area contributed by atoms with E-state index in [1.807, 2.05) is 30.3 Å². The number of aromatic hydroxyl groups is 1. The number of phenols is 1. The van der Waals surface area contributed by atoms with Crippen molar-refractivity contribution in [1.29, 1.82) is 0 Å². The third-order valence-corrected chi connectivity index (χ3v) is 4.04. The number of ether oxygens (including phenoxy) is 1. The molecule has 3 aromatic rings. The van der Waals surface area contributed by atoms with E-state index in [2.05, 4.69) is 0 Å². The second-order valence-corrected chi connectivity index (χ2v) is 5.74. The second-order valence-electron chi connectivity index (χ2n) is 5.74. The zero-order valence-electron chi connectivity index (χ0n) is 13.7. The van der Waals surface area contributed by atoms with E-state index in [9.17, 15) is 5.11 Å². The van der Waals surface area contributed by atoms with E-state index in [0.717, 1.165) is 22.3 Å². The first kappa shape index (κ1) is 16.8. The molecule has 128 valence electrons.